The highest BCUT2D eigenvalue weighted by molar-refractivity contribution is 5.35. The summed E-state index contributed by atoms with van der Waals surface area (Å²) in [5, 5.41) is 3.49. The lowest BCUT2D eigenvalue weighted by molar-refractivity contribution is 0.211. The zero-order valence-electron chi connectivity index (χ0n) is 11.4. The molecule has 1 aliphatic carbocycles. The molecule has 0 amide bonds. The van der Waals surface area contributed by atoms with E-state index in [1.807, 2.05) is 0 Å². The van der Waals surface area contributed by atoms with Crippen molar-refractivity contribution in [3.05, 3.63) is 34.9 Å². The van der Waals surface area contributed by atoms with E-state index in [-0.39, 0.29) is 0 Å². The summed E-state index contributed by atoms with van der Waals surface area (Å²) in [5.74, 6) is 0. The number of benzene rings is 1. The second-order valence-electron chi connectivity index (χ2n) is 5.81. The van der Waals surface area contributed by atoms with Crippen LogP contribution in [0, 0.1) is 0 Å². The first-order valence-electron chi connectivity index (χ1n) is 7.38. The SMILES string of the molecule is CC1CCNCCN1Cc1ccc2c(c1)CCC2. The molecule has 1 aromatic rings. The van der Waals surface area contributed by atoms with Gasteiger partial charge in [0.15, 0.2) is 0 Å². The number of hydrogen-bond donors (Lipinski definition) is 1. The summed E-state index contributed by atoms with van der Waals surface area (Å²) in [4.78, 5) is 2.62. The predicted octanol–water partition coefficient (Wildman–Crippen LogP) is 2.36. The van der Waals surface area contributed by atoms with E-state index in [2.05, 4.69) is 35.3 Å². The zero-order valence-corrected chi connectivity index (χ0v) is 11.4. The van der Waals surface area contributed by atoms with Crippen molar-refractivity contribution in [2.24, 2.45) is 0 Å². The summed E-state index contributed by atoms with van der Waals surface area (Å²) >= 11 is 0. The Morgan fingerprint density at radius 1 is 1.22 bits per heavy atom. The highest BCUT2D eigenvalue weighted by atomic mass is 15.2. The Balaban J connectivity index is 1.71. The molecule has 98 valence electrons. The van der Waals surface area contributed by atoms with Crippen LogP contribution in [0.5, 0.6) is 0 Å². The average Bonchev–Trinajstić information content (AvgIpc) is 2.75. The van der Waals surface area contributed by atoms with Crippen molar-refractivity contribution < 1.29 is 0 Å². The fourth-order valence-electron chi connectivity index (χ4n) is 3.25. The molecule has 1 heterocycles. The molecule has 0 spiro atoms. The number of aryl methyl sites for hydroxylation is 2. The maximum absolute atomic E-state index is 3.49. The summed E-state index contributed by atoms with van der Waals surface area (Å²) in [7, 11) is 0. The summed E-state index contributed by atoms with van der Waals surface area (Å²) in [6.45, 7) is 6.96. The van der Waals surface area contributed by atoms with Crippen molar-refractivity contribution in [1.82, 2.24) is 10.2 Å². The molecule has 1 N–H and O–H groups in total. The lowest BCUT2D eigenvalue weighted by Gasteiger charge is -2.26. The van der Waals surface area contributed by atoms with Crippen molar-refractivity contribution in [2.75, 3.05) is 19.6 Å². The molecule has 1 aromatic carbocycles. The van der Waals surface area contributed by atoms with Crippen LogP contribution in [-0.2, 0) is 19.4 Å². The standard InChI is InChI=1S/C16H24N2/c1-13-7-8-17-9-10-18(13)12-14-5-6-15-3-2-4-16(15)11-14/h5-6,11,13,17H,2-4,7-10,12H2,1H3. The lowest BCUT2D eigenvalue weighted by Crippen LogP contribution is -2.33. The number of nitrogens with one attached hydrogen (secondary N) is 1. The van der Waals surface area contributed by atoms with E-state index in [0.717, 1.165) is 13.1 Å². The Bertz CT molecular complexity index is 414. The Hall–Kier alpha value is -0.860. The summed E-state index contributed by atoms with van der Waals surface area (Å²) < 4.78 is 0. The maximum Gasteiger partial charge on any atom is 0.0237 e. The molecule has 18 heavy (non-hydrogen) atoms. The quantitative estimate of drug-likeness (QED) is 0.859. The number of hydrogen-bond acceptors (Lipinski definition) is 2. The maximum atomic E-state index is 3.49. The van der Waals surface area contributed by atoms with Gasteiger partial charge < -0.3 is 5.32 Å². The second kappa shape index (κ2) is 5.41. The Morgan fingerprint density at radius 2 is 2.11 bits per heavy atom. The van der Waals surface area contributed by atoms with E-state index in [1.165, 1.54) is 44.3 Å². The van der Waals surface area contributed by atoms with Crippen molar-refractivity contribution in [3.8, 4) is 0 Å². The van der Waals surface area contributed by atoms with Crippen LogP contribution in [-0.4, -0.2) is 30.6 Å². The molecular weight excluding hydrogens is 220 g/mol. The molecule has 3 rings (SSSR count). The number of fused-ring (bicyclic) bond motifs is 1. The molecule has 2 nitrogen and oxygen atoms in total. The number of nitrogens with zero attached hydrogens (tertiary/aromatic N) is 1. The molecule has 1 saturated heterocycles. The van der Waals surface area contributed by atoms with Gasteiger partial charge in [0, 0.05) is 25.7 Å². The van der Waals surface area contributed by atoms with Crippen LogP contribution in [0.1, 0.15) is 36.5 Å². The summed E-state index contributed by atoms with van der Waals surface area (Å²) in [5.41, 5.74) is 4.70. The van der Waals surface area contributed by atoms with E-state index in [0.29, 0.717) is 6.04 Å². The normalized spacial score (nSPS) is 24.8. The van der Waals surface area contributed by atoms with Crippen LogP contribution in [0.2, 0.25) is 0 Å². The molecule has 0 saturated carbocycles. The van der Waals surface area contributed by atoms with Gasteiger partial charge in [0.2, 0.25) is 0 Å². The highest BCUT2D eigenvalue weighted by Crippen LogP contribution is 2.24. The van der Waals surface area contributed by atoms with Gasteiger partial charge in [-0.1, -0.05) is 18.2 Å². The fraction of sp³-hybridized carbons (Fsp3) is 0.625. The van der Waals surface area contributed by atoms with Crippen LogP contribution in [0.15, 0.2) is 18.2 Å². The Morgan fingerprint density at radius 3 is 3.06 bits per heavy atom. The van der Waals surface area contributed by atoms with E-state index in [4.69, 9.17) is 0 Å². The van der Waals surface area contributed by atoms with Crippen LogP contribution >= 0.6 is 0 Å². The molecule has 1 atom stereocenters. The lowest BCUT2D eigenvalue weighted by atomic mass is 10.1. The van der Waals surface area contributed by atoms with Crippen LogP contribution in [0.3, 0.4) is 0 Å². The first-order chi connectivity index (χ1) is 8.83. The minimum Gasteiger partial charge on any atom is -0.315 e. The largest absolute Gasteiger partial charge is 0.315 e. The molecule has 0 radical (unpaired) electrons. The summed E-state index contributed by atoms with van der Waals surface area (Å²) in [6, 6.07) is 7.86. The minimum absolute atomic E-state index is 0.702. The zero-order chi connectivity index (χ0) is 12.4. The van der Waals surface area contributed by atoms with Gasteiger partial charge in [-0.3, -0.25) is 4.90 Å². The first-order valence-corrected chi connectivity index (χ1v) is 7.38. The van der Waals surface area contributed by atoms with Gasteiger partial charge >= 0.3 is 0 Å². The van der Waals surface area contributed by atoms with Crippen molar-refractivity contribution in [3.63, 3.8) is 0 Å². The third-order valence-corrected chi connectivity index (χ3v) is 4.49. The topological polar surface area (TPSA) is 15.3 Å². The Labute approximate surface area is 110 Å². The van der Waals surface area contributed by atoms with E-state index < -0.39 is 0 Å². The smallest absolute Gasteiger partial charge is 0.0237 e. The first kappa shape index (κ1) is 12.2. The molecule has 1 unspecified atom stereocenters. The third kappa shape index (κ3) is 2.60. The monoisotopic (exact) mass is 244 g/mol. The van der Waals surface area contributed by atoms with Crippen molar-refractivity contribution >= 4 is 0 Å². The van der Waals surface area contributed by atoms with Crippen molar-refractivity contribution in [1.29, 1.82) is 0 Å². The minimum atomic E-state index is 0.702. The van der Waals surface area contributed by atoms with E-state index in [1.54, 1.807) is 11.1 Å². The predicted molar refractivity (Wildman–Crippen MR) is 75.8 cm³/mol. The third-order valence-electron chi connectivity index (χ3n) is 4.49. The van der Waals surface area contributed by atoms with Crippen molar-refractivity contribution in [2.45, 2.75) is 45.2 Å². The van der Waals surface area contributed by atoms with Gasteiger partial charge in [-0.2, -0.15) is 0 Å². The van der Waals surface area contributed by atoms with Crippen LogP contribution in [0.4, 0.5) is 0 Å². The molecule has 1 aliphatic heterocycles. The van der Waals surface area contributed by atoms with Gasteiger partial charge in [-0.05, 0) is 55.8 Å². The van der Waals surface area contributed by atoms with Gasteiger partial charge in [-0.25, -0.2) is 0 Å². The van der Waals surface area contributed by atoms with E-state index >= 15 is 0 Å². The molecular formula is C16H24N2. The Kier molecular flexibility index (Phi) is 3.67. The molecule has 0 bridgehead atoms. The highest BCUT2D eigenvalue weighted by Gasteiger charge is 2.17. The van der Waals surface area contributed by atoms with Crippen LogP contribution < -0.4 is 5.32 Å². The summed E-state index contributed by atoms with van der Waals surface area (Å²) in [6.07, 6.45) is 5.20. The fourth-order valence-corrected chi connectivity index (χ4v) is 3.25. The molecule has 2 aliphatic rings. The molecule has 2 heteroatoms. The van der Waals surface area contributed by atoms with Gasteiger partial charge in [-0.15, -0.1) is 0 Å². The van der Waals surface area contributed by atoms with Crippen LogP contribution in [0.25, 0.3) is 0 Å². The second-order valence-corrected chi connectivity index (χ2v) is 5.81. The number of rotatable bonds is 2. The van der Waals surface area contributed by atoms with Gasteiger partial charge in [0.25, 0.3) is 0 Å². The molecule has 1 fully saturated rings. The van der Waals surface area contributed by atoms with Gasteiger partial charge in [0.05, 0.1) is 0 Å². The average molecular weight is 244 g/mol. The van der Waals surface area contributed by atoms with Gasteiger partial charge in [0.1, 0.15) is 0 Å². The molecule has 0 aromatic heterocycles. The van der Waals surface area contributed by atoms with E-state index in [9.17, 15) is 0 Å².